The van der Waals surface area contributed by atoms with Gasteiger partial charge in [-0.15, -0.1) is 4.91 Å². The molecular formula is C17H28N2O4. The van der Waals surface area contributed by atoms with Crippen LogP contribution in [0.15, 0.2) is 29.6 Å². The molecule has 0 spiro atoms. The minimum atomic E-state index is -0.890. The summed E-state index contributed by atoms with van der Waals surface area (Å²) in [6, 6.07) is 6.82. The number of aromatic carboxylic acids is 1. The first-order valence-electron chi connectivity index (χ1n) is 7.91. The van der Waals surface area contributed by atoms with Crippen LogP contribution in [0, 0.1) is 4.91 Å². The van der Waals surface area contributed by atoms with E-state index in [1.165, 1.54) is 19.3 Å². The van der Waals surface area contributed by atoms with Gasteiger partial charge in [0.2, 0.25) is 0 Å². The van der Waals surface area contributed by atoms with Gasteiger partial charge in [0.25, 0.3) is 0 Å². The normalized spacial score (nSPS) is 11.0. The van der Waals surface area contributed by atoms with Crippen LogP contribution in [0.4, 0.5) is 5.69 Å². The minimum Gasteiger partial charge on any atom is -0.478 e. The zero-order valence-corrected chi connectivity index (χ0v) is 14.5. The predicted molar refractivity (Wildman–Crippen MR) is 92.8 cm³/mol. The Morgan fingerprint density at radius 2 is 2.00 bits per heavy atom. The number of hydrogen-bond donors (Lipinski definition) is 1. The quantitative estimate of drug-likeness (QED) is 0.411. The van der Waals surface area contributed by atoms with Crippen LogP contribution in [0.25, 0.3) is 0 Å². The number of rotatable bonds is 9. The van der Waals surface area contributed by atoms with Crippen molar-refractivity contribution in [3.05, 3.63) is 34.7 Å². The molecule has 0 aliphatic rings. The third-order valence-electron chi connectivity index (χ3n) is 3.30. The van der Waals surface area contributed by atoms with Crippen LogP contribution in [0.1, 0.15) is 56.3 Å². The maximum atomic E-state index is 10.6. The fraction of sp³-hybridized carbons (Fsp3) is 0.588. The van der Waals surface area contributed by atoms with Crippen LogP contribution in [0.2, 0.25) is 0 Å². The first-order valence-corrected chi connectivity index (χ1v) is 7.91. The first kappa shape index (κ1) is 20.9. The Labute approximate surface area is 138 Å². The van der Waals surface area contributed by atoms with Gasteiger partial charge in [0.05, 0.1) is 5.56 Å². The van der Waals surface area contributed by atoms with Crippen molar-refractivity contribution in [3.63, 3.8) is 0 Å². The molecule has 1 aromatic rings. The molecule has 0 fully saturated rings. The number of hydrogen-bond acceptors (Lipinski definition) is 5. The monoisotopic (exact) mass is 324 g/mol. The highest BCUT2D eigenvalue weighted by Crippen LogP contribution is 2.12. The molecule has 1 unspecified atom stereocenters. The molecule has 0 aliphatic carbocycles. The van der Waals surface area contributed by atoms with Crippen molar-refractivity contribution in [2.24, 2.45) is 5.34 Å². The number of nitrogens with zero attached hydrogens (tertiary/aromatic N) is 2. The number of benzene rings is 1. The number of unbranched alkanes of at least 4 members (excludes halogenated alkanes) is 3. The Balaban J connectivity index is 0.000000423. The lowest BCUT2D eigenvalue weighted by atomic mass is 10.1. The van der Waals surface area contributed by atoms with Gasteiger partial charge >= 0.3 is 5.97 Å². The predicted octanol–water partition coefficient (Wildman–Crippen LogP) is 4.49. The van der Waals surface area contributed by atoms with Crippen molar-refractivity contribution in [1.82, 2.24) is 0 Å². The van der Waals surface area contributed by atoms with Gasteiger partial charge < -0.3 is 14.8 Å². The number of carboxylic acids is 1. The van der Waals surface area contributed by atoms with Gasteiger partial charge in [-0.2, -0.15) is 0 Å². The van der Waals surface area contributed by atoms with E-state index in [9.17, 15) is 9.70 Å². The molecule has 0 heterocycles. The van der Waals surface area contributed by atoms with E-state index in [4.69, 9.17) is 5.11 Å². The molecule has 0 aromatic heterocycles. The Kier molecular flexibility index (Phi) is 11.3. The highest BCUT2D eigenvalue weighted by molar-refractivity contribution is 5.88. The second kappa shape index (κ2) is 12.4. The average Bonchev–Trinajstić information content (AvgIpc) is 2.52. The van der Waals surface area contributed by atoms with E-state index in [1.807, 2.05) is 32.0 Å². The minimum absolute atomic E-state index is 0.00986. The second-order valence-electron chi connectivity index (χ2n) is 5.59. The lowest BCUT2D eigenvalue weighted by molar-refractivity contribution is 0.0607. The Hall–Kier alpha value is -2.11. The summed E-state index contributed by atoms with van der Waals surface area (Å²) in [6.45, 7) is 4.04. The van der Waals surface area contributed by atoms with E-state index in [1.54, 1.807) is 18.2 Å². The zero-order valence-electron chi connectivity index (χ0n) is 14.5. The molecule has 1 rings (SSSR count). The van der Waals surface area contributed by atoms with E-state index >= 15 is 0 Å². The third-order valence-corrected chi connectivity index (χ3v) is 3.30. The van der Waals surface area contributed by atoms with Gasteiger partial charge in [-0.3, -0.25) is 0 Å². The highest BCUT2D eigenvalue weighted by atomic mass is 16.7. The van der Waals surface area contributed by atoms with Crippen molar-refractivity contribution in [3.8, 4) is 0 Å². The molecular weight excluding hydrogens is 296 g/mol. The van der Waals surface area contributed by atoms with Gasteiger partial charge in [0.15, 0.2) is 5.34 Å². The Morgan fingerprint density at radius 3 is 2.52 bits per heavy atom. The molecule has 0 bridgehead atoms. The van der Waals surface area contributed by atoms with Gasteiger partial charge in [-0.1, -0.05) is 32.3 Å². The molecule has 130 valence electrons. The van der Waals surface area contributed by atoms with Gasteiger partial charge in [0.1, 0.15) is 6.10 Å². The lowest BCUT2D eigenvalue weighted by Gasteiger charge is -2.12. The molecule has 1 atom stereocenters. The molecule has 1 N–H and O–H groups in total. The molecule has 0 amide bonds. The Bertz CT molecular complexity index is 464. The van der Waals surface area contributed by atoms with Crippen LogP contribution in [-0.2, 0) is 4.84 Å². The molecule has 1 aromatic carbocycles. The number of carbonyl (C=O) groups is 1. The molecule has 6 heteroatoms. The number of carboxylic acid groups (broad SMARTS) is 1. The summed E-state index contributed by atoms with van der Waals surface area (Å²) in [4.78, 5) is 26.5. The van der Waals surface area contributed by atoms with Gasteiger partial charge in [-0.05, 0) is 38.0 Å². The van der Waals surface area contributed by atoms with Crippen LogP contribution in [0.5, 0.6) is 0 Å². The standard InChI is InChI=1S/C9H11NO2.C8H17NO2/c1-10(2)8-5-3-4-7(6-8)9(11)12;1-3-4-5-6-7-8(2)11-9-10/h3-6H,1-2H3,(H,11,12);8H,3-7H2,1-2H3. The van der Waals surface area contributed by atoms with Crippen molar-refractivity contribution in [2.75, 3.05) is 19.0 Å². The molecule has 0 saturated heterocycles. The largest absolute Gasteiger partial charge is 0.478 e. The van der Waals surface area contributed by atoms with E-state index in [-0.39, 0.29) is 6.10 Å². The lowest BCUT2D eigenvalue weighted by Crippen LogP contribution is -2.09. The summed E-state index contributed by atoms with van der Waals surface area (Å²) in [5.41, 5.74) is 1.22. The molecule has 0 radical (unpaired) electrons. The van der Waals surface area contributed by atoms with E-state index in [0.29, 0.717) is 5.56 Å². The highest BCUT2D eigenvalue weighted by Gasteiger charge is 2.03. The fourth-order valence-corrected chi connectivity index (χ4v) is 1.90. The van der Waals surface area contributed by atoms with Crippen LogP contribution < -0.4 is 4.90 Å². The van der Waals surface area contributed by atoms with Crippen molar-refractivity contribution in [1.29, 1.82) is 0 Å². The first-order chi connectivity index (χ1) is 10.9. The van der Waals surface area contributed by atoms with Crippen LogP contribution >= 0.6 is 0 Å². The van der Waals surface area contributed by atoms with Crippen LogP contribution in [0.3, 0.4) is 0 Å². The van der Waals surface area contributed by atoms with E-state index in [0.717, 1.165) is 18.5 Å². The molecule has 0 aliphatic heterocycles. The maximum Gasteiger partial charge on any atom is 0.335 e. The summed E-state index contributed by atoms with van der Waals surface area (Å²) < 4.78 is 0. The average molecular weight is 324 g/mol. The molecule has 23 heavy (non-hydrogen) atoms. The summed E-state index contributed by atoms with van der Waals surface area (Å²) in [5, 5.41) is 11.1. The fourth-order valence-electron chi connectivity index (χ4n) is 1.90. The van der Waals surface area contributed by atoms with Crippen molar-refractivity contribution < 1.29 is 14.7 Å². The molecule has 6 nitrogen and oxygen atoms in total. The van der Waals surface area contributed by atoms with E-state index in [2.05, 4.69) is 17.1 Å². The van der Waals surface area contributed by atoms with Crippen LogP contribution in [-0.4, -0.2) is 31.3 Å². The topological polar surface area (TPSA) is 79.2 Å². The summed E-state index contributed by atoms with van der Waals surface area (Å²) in [5.74, 6) is -0.890. The van der Waals surface area contributed by atoms with Crippen molar-refractivity contribution >= 4 is 11.7 Å². The number of anilines is 1. The smallest absolute Gasteiger partial charge is 0.335 e. The third kappa shape index (κ3) is 10.3. The maximum absolute atomic E-state index is 10.6. The van der Waals surface area contributed by atoms with Crippen molar-refractivity contribution in [2.45, 2.75) is 52.1 Å². The second-order valence-corrected chi connectivity index (χ2v) is 5.59. The van der Waals surface area contributed by atoms with E-state index < -0.39 is 5.97 Å². The summed E-state index contributed by atoms with van der Waals surface area (Å²) in [7, 11) is 3.75. The summed E-state index contributed by atoms with van der Waals surface area (Å²) >= 11 is 0. The summed E-state index contributed by atoms with van der Waals surface area (Å²) in [6.07, 6.45) is 5.78. The van der Waals surface area contributed by atoms with Gasteiger partial charge in [-0.25, -0.2) is 4.79 Å². The van der Waals surface area contributed by atoms with Gasteiger partial charge in [0, 0.05) is 19.8 Å². The Morgan fingerprint density at radius 1 is 1.30 bits per heavy atom. The zero-order chi connectivity index (χ0) is 17.7. The SMILES string of the molecule is CCCCCCC(C)ON=O.CN(C)c1cccc(C(=O)O)c1. The molecule has 0 saturated carbocycles.